The second kappa shape index (κ2) is 11.2. The van der Waals surface area contributed by atoms with E-state index in [4.69, 9.17) is 14.7 Å². The van der Waals surface area contributed by atoms with Gasteiger partial charge >= 0.3 is 5.97 Å². The van der Waals surface area contributed by atoms with Crippen molar-refractivity contribution in [3.8, 4) is 0 Å². The number of ether oxygens (including phenoxy) is 1. The van der Waals surface area contributed by atoms with Gasteiger partial charge in [-0.15, -0.1) is 0 Å². The number of aryl methyl sites for hydroxylation is 1. The number of hydrogen-bond acceptors (Lipinski definition) is 7. The molecule has 0 bridgehead atoms. The number of thioether (sulfide) groups is 1. The Bertz CT molecular complexity index is 1040. The van der Waals surface area contributed by atoms with Gasteiger partial charge in [-0.1, -0.05) is 23.9 Å². The van der Waals surface area contributed by atoms with E-state index in [1.807, 2.05) is 38.1 Å². The fourth-order valence-corrected chi connectivity index (χ4v) is 5.46. The molecule has 3 heterocycles. The first-order chi connectivity index (χ1) is 16.5. The van der Waals surface area contributed by atoms with E-state index in [1.165, 1.54) is 12.8 Å². The van der Waals surface area contributed by atoms with E-state index in [1.54, 1.807) is 16.7 Å². The monoisotopic (exact) mass is 482 g/mol. The van der Waals surface area contributed by atoms with Crippen molar-refractivity contribution in [1.29, 1.82) is 0 Å². The number of carbonyl (C=O) groups excluding carboxylic acids is 2. The molecular weight excluding hydrogens is 448 g/mol. The van der Waals surface area contributed by atoms with Crippen LogP contribution in [0.5, 0.6) is 0 Å². The molecule has 0 spiro atoms. The summed E-state index contributed by atoms with van der Waals surface area (Å²) in [4.78, 5) is 39.0. The molecule has 2 aromatic rings. The Morgan fingerprint density at radius 2 is 1.91 bits per heavy atom. The number of esters is 1. The lowest BCUT2D eigenvalue weighted by Gasteiger charge is -2.31. The van der Waals surface area contributed by atoms with Crippen LogP contribution in [0.15, 0.2) is 29.4 Å². The number of aromatic nitrogens is 2. The first-order valence-corrected chi connectivity index (χ1v) is 13.2. The highest BCUT2D eigenvalue weighted by molar-refractivity contribution is 7.98. The van der Waals surface area contributed by atoms with Gasteiger partial charge < -0.3 is 14.5 Å². The smallest absolute Gasteiger partial charge is 0.310 e. The fourth-order valence-electron chi connectivity index (χ4n) is 4.63. The molecule has 0 radical (unpaired) electrons. The van der Waals surface area contributed by atoms with Gasteiger partial charge in [0, 0.05) is 48.8 Å². The summed E-state index contributed by atoms with van der Waals surface area (Å²) in [6.07, 6.45) is 4.01. The van der Waals surface area contributed by atoms with Gasteiger partial charge in [0.1, 0.15) is 5.82 Å². The number of hydrogen-bond donors (Lipinski definition) is 0. The predicted octanol–water partition coefficient (Wildman–Crippen LogP) is 4.40. The van der Waals surface area contributed by atoms with Crippen LogP contribution in [0.4, 0.5) is 5.82 Å². The molecule has 1 aromatic carbocycles. The number of benzene rings is 1. The van der Waals surface area contributed by atoms with Crippen molar-refractivity contribution < 1.29 is 14.3 Å². The number of rotatable bonds is 7. The number of anilines is 1. The molecule has 1 aromatic heterocycles. The second-order valence-corrected chi connectivity index (χ2v) is 10.0. The van der Waals surface area contributed by atoms with Gasteiger partial charge in [-0.25, -0.2) is 9.97 Å². The molecule has 2 saturated heterocycles. The van der Waals surface area contributed by atoms with Gasteiger partial charge in [0.2, 0.25) is 0 Å². The molecule has 0 N–H and O–H groups in total. The van der Waals surface area contributed by atoms with Gasteiger partial charge in [0.15, 0.2) is 5.16 Å². The topological polar surface area (TPSA) is 75.6 Å². The van der Waals surface area contributed by atoms with Gasteiger partial charge in [-0.2, -0.15) is 0 Å². The summed E-state index contributed by atoms with van der Waals surface area (Å²) in [5.41, 5.74) is 3.88. The maximum Gasteiger partial charge on any atom is 0.310 e. The third-order valence-electron chi connectivity index (χ3n) is 6.62. The zero-order chi connectivity index (χ0) is 24.1. The number of nitrogens with zero attached hydrogens (tertiary/aromatic N) is 4. The molecule has 2 aliphatic rings. The predicted molar refractivity (Wildman–Crippen MR) is 134 cm³/mol. The zero-order valence-electron chi connectivity index (χ0n) is 20.4. The summed E-state index contributed by atoms with van der Waals surface area (Å²) in [6.45, 7) is 9.52. The summed E-state index contributed by atoms with van der Waals surface area (Å²) in [5, 5.41) is 0.773. The summed E-state index contributed by atoms with van der Waals surface area (Å²) in [6, 6.07) is 7.75. The lowest BCUT2D eigenvalue weighted by Crippen LogP contribution is -2.42. The minimum atomic E-state index is -0.233. The Labute approximate surface area is 206 Å². The van der Waals surface area contributed by atoms with Crippen molar-refractivity contribution >= 4 is 29.5 Å². The highest BCUT2D eigenvalue weighted by atomic mass is 32.2. The summed E-state index contributed by atoms with van der Waals surface area (Å²) < 4.78 is 5.17. The van der Waals surface area contributed by atoms with E-state index in [2.05, 4.69) is 11.8 Å². The minimum Gasteiger partial charge on any atom is -0.466 e. The van der Waals surface area contributed by atoms with Crippen LogP contribution in [-0.2, 0) is 15.3 Å². The van der Waals surface area contributed by atoms with Crippen LogP contribution < -0.4 is 4.90 Å². The Balaban J connectivity index is 1.42. The number of amides is 1. The highest BCUT2D eigenvalue weighted by Gasteiger charge is 2.30. The Hall–Kier alpha value is -2.61. The zero-order valence-corrected chi connectivity index (χ0v) is 21.2. The van der Waals surface area contributed by atoms with E-state index in [0.717, 1.165) is 53.7 Å². The molecule has 4 rings (SSSR count). The van der Waals surface area contributed by atoms with E-state index < -0.39 is 0 Å². The molecule has 34 heavy (non-hydrogen) atoms. The van der Waals surface area contributed by atoms with Gasteiger partial charge in [-0.3, -0.25) is 9.59 Å². The SMILES string of the molecule is CCOC(=O)C1CCCN(C(=O)c2cccc(CSc3nc(C)c(C)c(N4CCCC4)n3)c2)C1. The van der Waals surface area contributed by atoms with Crippen molar-refractivity contribution in [3.05, 3.63) is 46.6 Å². The molecule has 7 nitrogen and oxygen atoms in total. The summed E-state index contributed by atoms with van der Waals surface area (Å²) >= 11 is 1.60. The molecule has 2 fully saturated rings. The molecule has 0 saturated carbocycles. The minimum absolute atomic E-state index is 0.0281. The summed E-state index contributed by atoms with van der Waals surface area (Å²) in [7, 11) is 0. The molecule has 1 amide bonds. The molecule has 1 unspecified atom stereocenters. The second-order valence-electron chi connectivity index (χ2n) is 9.07. The van der Waals surface area contributed by atoms with Crippen molar-refractivity contribution in [2.45, 2.75) is 57.4 Å². The Morgan fingerprint density at radius 1 is 1.12 bits per heavy atom. The largest absolute Gasteiger partial charge is 0.466 e. The third kappa shape index (κ3) is 5.71. The number of likely N-dealkylation sites (tertiary alicyclic amines) is 1. The standard InChI is InChI=1S/C26H34N4O3S/c1-4-33-25(32)22-11-8-14-30(16-22)24(31)21-10-7-9-20(15-21)17-34-26-27-19(3)18(2)23(28-26)29-12-5-6-13-29/h7,9-10,15,22H,4-6,8,11-14,16-17H2,1-3H3. The average Bonchev–Trinajstić information content (AvgIpc) is 3.39. The van der Waals surface area contributed by atoms with Crippen LogP contribution in [0.3, 0.4) is 0 Å². The Morgan fingerprint density at radius 3 is 2.68 bits per heavy atom. The summed E-state index contributed by atoms with van der Waals surface area (Å²) in [5.74, 6) is 1.28. The maximum absolute atomic E-state index is 13.2. The number of carbonyl (C=O) groups is 2. The van der Waals surface area contributed by atoms with E-state index in [-0.39, 0.29) is 17.8 Å². The molecule has 8 heteroatoms. The molecule has 2 aliphatic heterocycles. The van der Waals surface area contributed by atoms with Gasteiger partial charge in [0.25, 0.3) is 5.91 Å². The van der Waals surface area contributed by atoms with Crippen molar-refractivity contribution in [2.75, 3.05) is 37.7 Å². The van der Waals surface area contributed by atoms with Crippen LogP contribution in [0, 0.1) is 19.8 Å². The number of piperidine rings is 1. The third-order valence-corrected chi connectivity index (χ3v) is 7.54. The van der Waals surface area contributed by atoms with Gasteiger partial charge in [0.05, 0.1) is 12.5 Å². The Kier molecular flexibility index (Phi) is 8.08. The molecule has 182 valence electrons. The van der Waals surface area contributed by atoms with E-state index >= 15 is 0 Å². The van der Waals surface area contributed by atoms with Crippen LogP contribution in [0.2, 0.25) is 0 Å². The van der Waals surface area contributed by atoms with Crippen LogP contribution in [0.25, 0.3) is 0 Å². The van der Waals surface area contributed by atoms with E-state index in [0.29, 0.717) is 31.0 Å². The van der Waals surface area contributed by atoms with Crippen LogP contribution in [-0.4, -0.2) is 59.5 Å². The van der Waals surface area contributed by atoms with Gasteiger partial charge in [-0.05, 0) is 64.2 Å². The molecule has 1 atom stereocenters. The van der Waals surface area contributed by atoms with Crippen molar-refractivity contribution in [1.82, 2.24) is 14.9 Å². The van der Waals surface area contributed by atoms with Crippen LogP contribution >= 0.6 is 11.8 Å². The average molecular weight is 483 g/mol. The molecular formula is C26H34N4O3S. The normalized spacial score (nSPS) is 18.3. The molecule has 0 aliphatic carbocycles. The lowest BCUT2D eigenvalue weighted by atomic mass is 9.97. The first kappa shape index (κ1) is 24.5. The van der Waals surface area contributed by atoms with Crippen molar-refractivity contribution in [3.63, 3.8) is 0 Å². The quantitative estimate of drug-likeness (QED) is 0.329. The van der Waals surface area contributed by atoms with Crippen LogP contribution in [0.1, 0.15) is 59.8 Å². The lowest BCUT2D eigenvalue weighted by molar-refractivity contribution is -0.149. The highest BCUT2D eigenvalue weighted by Crippen LogP contribution is 2.28. The maximum atomic E-state index is 13.2. The fraction of sp³-hybridized carbons (Fsp3) is 0.538. The first-order valence-electron chi connectivity index (χ1n) is 12.2. The van der Waals surface area contributed by atoms with E-state index in [9.17, 15) is 9.59 Å². The van der Waals surface area contributed by atoms with Crippen molar-refractivity contribution in [2.24, 2.45) is 5.92 Å².